The molecule has 6 nitrogen and oxygen atoms in total. The van der Waals surface area contributed by atoms with Crippen LogP contribution in [0.15, 0.2) is 54.6 Å². The van der Waals surface area contributed by atoms with E-state index in [0.29, 0.717) is 18.7 Å². The fraction of sp³-hybridized carbons (Fsp3) is 0.150. The Morgan fingerprint density at radius 1 is 1.04 bits per heavy atom. The molecule has 26 heavy (non-hydrogen) atoms. The Hall–Kier alpha value is -3.09. The van der Waals surface area contributed by atoms with Gasteiger partial charge in [0.2, 0.25) is 0 Å². The molecule has 0 aliphatic rings. The van der Waals surface area contributed by atoms with Gasteiger partial charge >= 0.3 is 0 Å². The summed E-state index contributed by atoms with van der Waals surface area (Å²) in [7, 11) is 1.63. The van der Waals surface area contributed by atoms with E-state index in [2.05, 4.69) is 10.7 Å². The first kappa shape index (κ1) is 17.7. The molecule has 0 aliphatic heterocycles. The predicted molar refractivity (Wildman–Crippen MR) is 104 cm³/mol. The monoisotopic (exact) mass is 350 g/mol. The van der Waals surface area contributed by atoms with Crippen LogP contribution in [0.4, 0.5) is 5.69 Å². The summed E-state index contributed by atoms with van der Waals surface area (Å²) in [6, 6.07) is 17.1. The van der Waals surface area contributed by atoms with E-state index in [9.17, 15) is 4.79 Å². The van der Waals surface area contributed by atoms with Crippen molar-refractivity contribution in [3.05, 3.63) is 71.3 Å². The SMILES string of the molecule is COc1ccc2cc(C(=O)NCc3ccc(NN)c(CN)c3)ccc2c1. The summed E-state index contributed by atoms with van der Waals surface area (Å²) in [4.78, 5) is 12.5. The molecule has 0 heterocycles. The molecule has 1 amide bonds. The number of nitrogens with one attached hydrogen (secondary N) is 2. The molecular formula is C20H22N4O2. The lowest BCUT2D eigenvalue weighted by molar-refractivity contribution is 0.0951. The van der Waals surface area contributed by atoms with E-state index in [0.717, 1.165) is 33.3 Å². The third kappa shape index (κ3) is 3.77. The number of fused-ring (bicyclic) bond motifs is 1. The number of amides is 1. The number of carbonyl (C=O) groups excluding carboxylic acids is 1. The van der Waals surface area contributed by atoms with Crippen LogP contribution in [-0.4, -0.2) is 13.0 Å². The van der Waals surface area contributed by atoms with Crippen LogP contribution in [0, 0.1) is 0 Å². The summed E-state index contributed by atoms with van der Waals surface area (Å²) < 4.78 is 5.22. The molecular weight excluding hydrogens is 328 g/mol. The first-order valence-electron chi connectivity index (χ1n) is 8.29. The summed E-state index contributed by atoms with van der Waals surface area (Å²) in [5.41, 5.74) is 11.6. The van der Waals surface area contributed by atoms with Crippen LogP contribution in [0.5, 0.6) is 5.75 Å². The number of anilines is 1. The molecule has 0 saturated carbocycles. The van der Waals surface area contributed by atoms with Gasteiger partial charge in [-0.2, -0.15) is 0 Å². The minimum absolute atomic E-state index is 0.127. The van der Waals surface area contributed by atoms with Crippen LogP contribution in [0.2, 0.25) is 0 Å². The van der Waals surface area contributed by atoms with E-state index >= 15 is 0 Å². The lowest BCUT2D eigenvalue weighted by Gasteiger charge is -2.11. The Bertz CT molecular complexity index is 940. The Balaban J connectivity index is 1.73. The van der Waals surface area contributed by atoms with Crippen LogP contribution in [-0.2, 0) is 13.1 Å². The van der Waals surface area contributed by atoms with Crippen molar-refractivity contribution in [2.24, 2.45) is 11.6 Å². The molecule has 0 atom stereocenters. The summed E-state index contributed by atoms with van der Waals surface area (Å²) in [6.45, 7) is 0.785. The summed E-state index contributed by atoms with van der Waals surface area (Å²) in [6.07, 6.45) is 0. The number of rotatable bonds is 6. The highest BCUT2D eigenvalue weighted by molar-refractivity contribution is 5.98. The van der Waals surface area contributed by atoms with Gasteiger partial charge in [0.1, 0.15) is 5.75 Å². The van der Waals surface area contributed by atoms with Gasteiger partial charge in [0.25, 0.3) is 5.91 Å². The number of methoxy groups -OCH3 is 1. The maximum Gasteiger partial charge on any atom is 0.251 e. The van der Waals surface area contributed by atoms with Gasteiger partial charge in [-0.3, -0.25) is 10.6 Å². The second kappa shape index (κ2) is 7.86. The zero-order chi connectivity index (χ0) is 18.5. The normalized spacial score (nSPS) is 10.6. The van der Waals surface area contributed by atoms with Crippen molar-refractivity contribution in [3.63, 3.8) is 0 Å². The van der Waals surface area contributed by atoms with Crippen LogP contribution in [0.25, 0.3) is 10.8 Å². The molecule has 0 unspecified atom stereocenters. The van der Waals surface area contributed by atoms with Crippen LogP contribution >= 0.6 is 0 Å². The fourth-order valence-corrected chi connectivity index (χ4v) is 2.84. The summed E-state index contributed by atoms with van der Waals surface area (Å²) in [5.74, 6) is 6.12. The maximum atomic E-state index is 12.5. The molecule has 0 saturated heterocycles. The average Bonchev–Trinajstić information content (AvgIpc) is 2.70. The third-order valence-corrected chi connectivity index (χ3v) is 4.31. The second-order valence-corrected chi connectivity index (χ2v) is 5.95. The van der Waals surface area contributed by atoms with Crippen LogP contribution in [0.3, 0.4) is 0 Å². The van der Waals surface area contributed by atoms with Gasteiger partial charge in [-0.25, -0.2) is 0 Å². The molecule has 3 rings (SSSR count). The third-order valence-electron chi connectivity index (χ3n) is 4.31. The number of benzene rings is 3. The molecule has 6 heteroatoms. The number of carbonyl (C=O) groups is 1. The van der Waals surface area contributed by atoms with Gasteiger partial charge in [-0.1, -0.05) is 24.3 Å². The molecule has 0 spiro atoms. The Kier molecular flexibility index (Phi) is 5.36. The van der Waals surface area contributed by atoms with E-state index in [-0.39, 0.29) is 5.91 Å². The Morgan fingerprint density at radius 2 is 1.81 bits per heavy atom. The van der Waals surface area contributed by atoms with E-state index in [4.69, 9.17) is 16.3 Å². The highest BCUT2D eigenvalue weighted by Gasteiger charge is 2.08. The van der Waals surface area contributed by atoms with Gasteiger partial charge in [0.15, 0.2) is 0 Å². The Labute approximate surface area is 152 Å². The first-order valence-corrected chi connectivity index (χ1v) is 8.29. The second-order valence-electron chi connectivity index (χ2n) is 5.95. The van der Waals surface area contributed by atoms with E-state index < -0.39 is 0 Å². The van der Waals surface area contributed by atoms with Gasteiger partial charge in [0.05, 0.1) is 12.8 Å². The van der Waals surface area contributed by atoms with Crippen molar-refractivity contribution in [1.29, 1.82) is 0 Å². The van der Waals surface area contributed by atoms with Crippen LogP contribution < -0.4 is 27.1 Å². The Morgan fingerprint density at radius 3 is 2.54 bits per heavy atom. The lowest BCUT2D eigenvalue weighted by atomic mass is 10.1. The van der Waals surface area contributed by atoms with Crippen molar-refractivity contribution in [3.8, 4) is 5.75 Å². The highest BCUT2D eigenvalue weighted by atomic mass is 16.5. The zero-order valence-corrected chi connectivity index (χ0v) is 14.6. The number of nitrogens with two attached hydrogens (primary N) is 2. The molecule has 3 aromatic rings. The van der Waals surface area contributed by atoms with Crippen molar-refractivity contribution >= 4 is 22.4 Å². The highest BCUT2D eigenvalue weighted by Crippen LogP contribution is 2.22. The first-order chi connectivity index (χ1) is 12.6. The molecule has 0 aliphatic carbocycles. The maximum absolute atomic E-state index is 12.5. The molecule has 0 aromatic heterocycles. The predicted octanol–water partition coefficient (Wildman–Crippen LogP) is 2.52. The van der Waals surface area contributed by atoms with Crippen LogP contribution in [0.1, 0.15) is 21.5 Å². The lowest BCUT2D eigenvalue weighted by Crippen LogP contribution is -2.23. The van der Waals surface area contributed by atoms with E-state index in [1.807, 2.05) is 54.6 Å². The van der Waals surface area contributed by atoms with Crippen molar-refractivity contribution < 1.29 is 9.53 Å². The summed E-state index contributed by atoms with van der Waals surface area (Å²) >= 11 is 0. The molecule has 134 valence electrons. The fourth-order valence-electron chi connectivity index (χ4n) is 2.84. The standard InChI is InChI=1S/C20H22N4O2/c1-26-18-6-5-14-9-16(4-3-15(14)10-18)20(25)23-12-13-2-7-19(24-22)17(8-13)11-21/h2-10,24H,11-12,21-22H2,1H3,(H,23,25). The summed E-state index contributed by atoms with van der Waals surface area (Å²) in [5, 5.41) is 4.95. The van der Waals surface area contributed by atoms with Gasteiger partial charge < -0.3 is 21.2 Å². The zero-order valence-electron chi connectivity index (χ0n) is 14.6. The molecule has 3 aromatic carbocycles. The van der Waals surface area contributed by atoms with Gasteiger partial charge in [0, 0.05) is 18.7 Å². The van der Waals surface area contributed by atoms with E-state index in [1.165, 1.54) is 0 Å². The van der Waals surface area contributed by atoms with Gasteiger partial charge in [-0.05, 0) is 52.2 Å². The van der Waals surface area contributed by atoms with Crippen molar-refractivity contribution in [2.45, 2.75) is 13.1 Å². The van der Waals surface area contributed by atoms with E-state index in [1.54, 1.807) is 7.11 Å². The largest absolute Gasteiger partial charge is 0.497 e. The number of nitrogen functional groups attached to an aromatic ring is 1. The van der Waals surface area contributed by atoms with Crippen molar-refractivity contribution in [2.75, 3.05) is 12.5 Å². The molecule has 0 bridgehead atoms. The molecule has 0 fully saturated rings. The number of ether oxygens (including phenoxy) is 1. The smallest absolute Gasteiger partial charge is 0.251 e. The minimum atomic E-state index is -0.127. The number of hydrazine groups is 1. The van der Waals surface area contributed by atoms with Crippen molar-refractivity contribution in [1.82, 2.24) is 5.32 Å². The molecule has 6 N–H and O–H groups in total. The topological polar surface area (TPSA) is 102 Å². The minimum Gasteiger partial charge on any atom is -0.497 e. The van der Waals surface area contributed by atoms with Gasteiger partial charge in [-0.15, -0.1) is 0 Å². The number of hydrogen-bond acceptors (Lipinski definition) is 5. The molecule has 0 radical (unpaired) electrons. The number of hydrogen-bond donors (Lipinski definition) is 4. The quantitative estimate of drug-likeness (QED) is 0.404. The average molecular weight is 350 g/mol.